The molecular formula is C18H19Cl2N7O5. The summed E-state index contributed by atoms with van der Waals surface area (Å²) in [5.41, 5.74) is 1.54. The summed E-state index contributed by atoms with van der Waals surface area (Å²) in [6.07, 6.45) is 1.17. The first-order chi connectivity index (χ1) is 15.3. The minimum absolute atomic E-state index is 0.00657. The Morgan fingerprint density at radius 3 is 2.66 bits per heavy atom. The average molecular weight is 484 g/mol. The van der Waals surface area contributed by atoms with Crippen molar-refractivity contribution in [1.82, 2.24) is 24.9 Å². The summed E-state index contributed by atoms with van der Waals surface area (Å²) < 4.78 is 12.3. The van der Waals surface area contributed by atoms with E-state index in [0.717, 1.165) is 0 Å². The van der Waals surface area contributed by atoms with Gasteiger partial charge in [-0.3, -0.25) is 0 Å². The second-order valence-corrected chi connectivity index (χ2v) is 7.16. The van der Waals surface area contributed by atoms with E-state index in [1.54, 1.807) is 13.0 Å². The summed E-state index contributed by atoms with van der Waals surface area (Å²) in [6.45, 7) is 1.81. The van der Waals surface area contributed by atoms with Gasteiger partial charge in [0.1, 0.15) is 12.3 Å². The zero-order chi connectivity index (χ0) is 23.3. The zero-order valence-electron chi connectivity index (χ0n) is 16.9. The number of urea groups is 1. The van der Waals surface area contributed by atoms with Crippen molar-refractivity contribution in [3.63, 3.8) is 0 Å². The van der Waals surface area contributed by atoms with E-state index in [1.165, 1.54) is 30.1 Å². The molecule has 1 unspecified atom stereocenters. The van der Waals surface area contributed by atoms with E-state index < -0.39 is 18.2 Å². The third-order valence-corrected chi connectivity index (χ3v) is 4.55. The highest BCUT2D eigenvalue weighted by molar-refractivity contribution is 6.31. The molecule has 3 aromatic heterocycles. The normalized spacial score (nSPS) is 11.8. The Morgan fingerprint density at radius 1 is 1.19 bits per heavy atom. The Kier molecular flexibility index (Phi) is 7.51. The first-order valence-electron chi connectivity index (χ1n) is 9.18. The van der Waals surface area contributed by atoms with Crippen LogP contribution < -0.4 is 20.7 Å². The van der Waals surface area contributed by atoms with E-state index in [4.69, 9.17) is 37.8 Å². The van der Waals surface area contributed by atoms with Crippen LogP contribution in [0.4, 0.5) is 21.0 Å². The fourth-order valence-electron chi connectivity index (χ4n) is 2.74. The van der Waals surface area contributed by atoms with Crippen LogP contribution in [0.25, 0.3) is 5.65 Å². The number of fused-ring (bicyclic) bond motifs is 1. The summed E-state index contributed by atoms with van der Waals surface area (Å²) in [5, 5.41) is 20.8. The van der Waals surface area contributed by atoms with Crippen molar-refractivity contribution in [1.29, 1.82) is 0 Å². The molecular weight excluding hydrogens is 465 g/mol. The van der Waals surface area contributed by atoms with E-state index >= 15 is 0 Å². The fourth-order valence-corrected chi connectivity index (χ4v) is 3.07. The summed E-state index contributed by atoms with van der Waals surface area (Å²) in [5.74, 6) is 0.0645. The van der Waals surface area contributed by atoms with Crippen LogP contribution in [-0.2, 0) is 4.74 Å². The molecule has 12 nitrogen and oxygen atoms in total. The van der Waals surface area contributed by atoms with Gasteiger partial charge in [0, 0.05) is 19.4 Å². The number of hydrogen-bond donors (Lipinski definition) is 4. The molecule has 0 spiro atoms. The second kappa shape index (κ2) is 10.3. The first kappa shape index (κ1) is 23.3. The number of hydrogen-bond acceptors (Lipinski definition) is 7. The van der Waals surface area contributed by atoms with Crippen LogP contribution in [0.2, 0.25) is 10.2 Å². The molecule has 3 heterocycles. The lowest BCUT2D eigenvalue weighted by Crippen LogP contribution is -2.26. The van der Waals surface area contributed by atoms with Crippen LogP contribution in [0.5, 0.6) is 5.88 Å². The minimum Gasteiger partial charge on any atom is -0.474 e. The number of nitrogens with one attached hydrogen (secondary N) is 3. The van der Waals surface area contributed by atoms with Gasteiger partial charge in [-0.05, 0) is 13.0 Å². The Labute approximate surface area is 191 Å². The number of pyridine rings is 1. The summed E-state index contributed by atoms with van der Waals surface area (Å²) in [7, 11) is 1.52. The van der Waals surface area contributed by atoms with Gasteiger partial charge in [-0.15, -0.1) is 0 Å². The molecule has 32 heavy (non-hydrogen) atoms. The number of carboxylic acid groups (broad SMARTS) is 1. The summed E-state index contributed by atoms with van der Waals surface area (Å²) in [6, 6.07) is 2.39. The highest BCUT2D eigenvalue weighted by Gasteiger charge is 2.20. The third kappa shape index (κ3) is 5.66. The predicted molar refractivity (Wildman–Crippen MR) is 117 cm³/mol. The van der Waals surface area contributed by atoms with Gasteiger partial charge in [-0.25, -0.2) is 24.1 Å². The number of carbonyl (C=O) groups excluding carboxylic acids is 1. The molecule has 0 radical (unpaired) electrons. The Morgan fingerprint density at radius 2 is 1.94 bits per heavy atom. The third-order valence-electron chi connectivity index (χ3n) is 4.16. The van der Waals surface area contributed by atoms with Crippen LogP contribution >= 0.6 is 23.2 Å². The summed E-state index contributed by atoms with van der Waals surface area (Å²) >= 11 is 12.0. The molecule has 3 aromatic rings. The van der Waals surface area contributed by atoms with Crippen LogP contribution in [0.15, 0.2) is 24.5 Å². The number of nitrogens with zero attached hydrogens (tertiary/aromatic N) is 4. The molecule has 0 saturated heterocycles. The maximum absolute atomic E-state index is 12.7. The molecule has 0 fully saturated rings. The first-order valence-corrected chi connectivity index (χ1v) is 9.94. The molecule has 0 aliphatic heterocycles. The molecule has 4 N–H and O–H groups in total. The van der Waals surface area contributed by atoms with Crippen molar-refractivity contribution in [2.75, 3.05) is 30.9 Å². The van der Waals surface area contributed by atoms with E-state index in [0.29, 0.717) is 17.0 Å². The number of carbonyl (C=O) groups is 2. The maximum atomic E-state index is 12.7. The van der Waals surface area contributed by atoms with Crippen LogP contribution in [0.3, 0.4) is 0 Å². The lowest BCUT2D eigenvalue weighted by Gasteiger charge is -2.17. The number of ether oxygens (including phenoxy) is 2. The number of anilines is 2. The molecule has 0 saturated carbocycles. The van der Waals surface area contributed by atoms with Gasteiger partial charge in [0.05, 0.1) is 35.2 Å². The van der Waals surface area contributed by atoms with Crippen molar-refractivity contribution in [2.24, 2.45) is 0 Å². The van der Waals surface area contributed by atoms with Gasteiger partial charge in [-0.2, -0.15) is 5.10 Å². The van der Waals surface area contributed by atoms with Crippen molar-refractivity contribution < 1.29 is 24.2 Å². The number of methoxy groups -OCH3 is 1. The number of aromatic nitrogens is 4. The standard InChI is InChI=1S/C18H19Cl2N7O5/c1-9(31-2)15-12(8-22-14-6-13(20)26-27(14)15)25-17(28)24-11-5-10(19)7-23-16(11)32-4-3-21-18(29)30/h5-9,21H,3-4H2,1-2H3,(H,29,30)(H2,24,25,28). The van der Waals surface area contributed by atoms with Crippen LogP contribution in [-0.4, -0.2) is 57.1 Å². The van der Waals surface area contributed by atoms with Crippen molar-refractivity contribution in [2.45, 2.75) is 13.0 Å². The molecule has 1 atom stereocenters. The van der Waals surface area contributed by atoms with Gasteiger partial charge >= 0.3 is 12.1 Å². The molecule has 0 bridgehead atoms. The van der Waals surface area contributed by atoms with E-state index in [2.05, 4.69) is 31.0 Å². The lowest BCUT2D eigenvalue weighted by molar-refractivity contribution is 0.114. The highest BCUT2D eigenvalue weighted by Crippen LogP contribution is 2.28. The van der Waals surface area contributed by atoms with E-state index in [-0.39, 0.29) is 34.9 Å². The lowest BCUT2D eigenvalue weighted by atomic mass is 10.2. The molecule has 3 amide bonds. The Bertz CT molecular complexity index is 1140. The Balaban J connectivity index is 1.79. The number of rotatable bonds is 8. The van der Waals surface area contributed by atoms with Gasteiger partial charge in [0.15, 0.2) is 10.8 Å². The van der Waals surface area contributed by atoms with Gasteiger partial charge < -0.3 is 30.5 Å². The molecule has 0 aromatic carbocycles. The molecule has 0 aliphatic rings. The largest absolute Gasteiger partial charge is 0.474 e. The smallest absolute Gasteiger partial charge is 0.404 e. The molecule has 170 valence electrons. The average Bonchev–Trinajstić information content (AvgIpc) is 3.11. The predicted octanol–water partition coefficient (Wildman–Crippen LogP) is 3.43. The van der Waals surface area contributed by atoms with Gasteiger partial charge in [0.2, 0.25) is 5.88 Å². The number of halogens is 2. The van der Waals surface area contributed by atoms with Crippen LogP contribution in [0.1, 0.15) is 18.7 Å². The monoisotopic (exact) mass is 483 g/mol. The molecule has 0 aliphatic carbocycles. The van der Waals surface area contributed by atoms with Gasteiger partial charge in [0.25, 0.3) is 0 Å². The highest BCUT2D eigenvalue weighted by atomic mass is 35.5. The molecule has 3 rings (SSSR count). The maximum Gasteiger partial charge on any atom is 0.404 e. The van der Waals surface area contributed by atoms with Crippen molar-refractivity contribution >= 4 is 52.3 Å². The topological polar surface area (TPSA) is 152 Å². The Hall–Kier alpha value is -3.35. The van der Waals surface area contributed by atoms with Crippen molar-refractivity contribution in [3.05, 3.63) is 40.4 Å². The zero-order valence-corrected chi connectivity index (χ0v) is 18.4. The van der Waals surface area contributed by atoms with Crippen LogP contribution in [0, 0.1) is 0 Å². The number of amides is 3. The van der Waals surface area contributed by atoms with E-state index in [9.17, 15) is 9.59 Å². The second-order valence-electron chi connectivity index (χ2n) is 6.34. The minimum atomic E-state index is -1.18. The quantitative estimate of drug-likeness (QED) is 0.355. The van der Waals surface area contributed by atoms with Gasteiger partial charge in [-0.1, -0.05) is 23.2 Å². The fraction of sp³-hybridized carbons (Fsp3) is 0.278. The van der Waals surface area contributed by atoms with E-state index in [1.807, 2.05) is 0 Å². The van der Waals surface area contributed by atoms with Crippen molar-refractivity contribution in [3.8, 4) is 5.88 Å². The molecule has 14 heteroatoms. The summed E-state index contributed by atoms with van der Waals surface area (Å²) in [4.78, 5) is 31.5. The SMILES string of the molecule is COC(C)c1c(NC(=O)Nc2cc(Cl)cnc2OCCNC(=O)O)cnc2cc(Cl)nn12.